The van der Waals surface area contributed by atoms with Gasteiger partial charge in [0.15, 0.2) is 0 Å². The molecule has 2 aromatic carbocycles. The lowest BCUT2D eigenvalue weighted by atomic mass is 10.0. The molecule has 0 atom stereocenters. The molecule has 0 unspecified atom stereocenters. The van der Waals surface area contributed by atoms with Crippen molar-refractivity contribution in [3.8, 4) is 0 Å². The van der Waals surface area contributed by atoms with Crippen LogP contribution in [0.1, 0.15) is 10.4 Å². The van der Waals surface area contributed by atoms with Gasteiger partial charge in [0.25, 0.3) is 0 Å². The zero-order valence-corrected chi connectivity index (χ0v) is 7.68. The largest absolute Gasteiger partial charge is 0.478 e. The third-order valence-corrected chi connectivity index (χ3v) is 2.20. The highest BCUT2D eigenvalue weighted by Gasteiger charge is 2.07. The number of nitrogens with zero attached hydrogens (tertiary/aromatic N) is 1. The fraction of sp³-hybridized carbons (Fsp3) is 0. The summed E-state index contributed by atoms with van der Waals surface area (Å²) in [5.41, 5.74) is 0.523. The molecular formula is C11H7NO3. The number of nitroso groups, excluding NO2 is 1. The van der Waals surface area contributed by atoms with Gasteiger partial charge < -0.3 is 5.11 Å². The van der Waals surface area contributed by atoms with Gasteiger partial charge in [-0.1, -0.05) is 18.2 Å². The second-order valence-corrected chi connectivity index (χ2v) is 3.11. The molecule has 0 bridgehead atoms. The lowest BCUT2D eigenvalue weighted by molar-refractivity contribution is 0.0699. The van der Waals surface area contributed by atoms with Crippen molar-refractivity contribution in [2.75, 3.05) is 0 Å². The van der Waals surface area contributed by atoms with Gasteiger partial charge in [0.05, 0.1) is 5.56 Å². The maximum Gasteiger partial charge on any atom is 0.336 e. The van der Waals surface area contributed by atoms with Crippen LogP contribution < -0.4 is 0 Å². The van der Waals surface area contributed by atoms with Gasteiger partial charge in [-0.15, -0.1) is 4.91 Å². The molecule has 0 aliphatic heterocycles. The molecule has 0 radical (unpaired) electrons. The normalized spacial score (nSPS) is 10.1. The fourth-order valence-electron chi connectivity index (χ4n) is 1.51. The Bertz CT molecular complexity index is 549. The molecule has 0 aromatic heterocycles. The Balaban J connectivity index is 2.77. The van der Waals surface area contributed by atoms with Crippen molar-refractivity contribution in [2.45, 2.75) is 0 Å². The maximum atomic E-state index is 10.9. The Morgan fingerprint density at radius 2 is 2.00 bits per heavy atom. The van der Waals surface area contributed by atoms with Crippen LogP contribution in [0, 0.1) is 4.91 Å². The van der Waals surface area contributed by atoms with Crippen molar-refractivity contribution in [3.63, 3.8) is 0 Å². The lowest BCUT2D eigenvalue weighted by Crippen LogP contribution is -1.96. The topological polar surface area (TPSA) is 66.7 Å². The minimum atomic E-state index is -0.979. The van der Waals surface area contributed by atoms with Gasteiger partial charge in [-0.25, -0.2) is 4.79 Å². The minimum Gasteiger partial charge on any atom is -0.478 e. The summed E-state index contributed by atoms with van der Waals surface area (Å²) < 4.78 is 0. The van der Waals surface area contributed by atoms with Crippen molar-refractivity contribution in [1.29, 1.82) is 0 Å². The van der Waals surface area contributed by atoms with E-state index in [9.17, 15) is 9.70 Å². The van der Waals surface area contributed by atoms with E-state index in [1.165, 1.54) is 12.1 Å². The van der Waals surface area contributed by atoms with Crippen LogP contribution in [-0.2, 0) is 0 Å². The van der Waals surface area contributed by atoms with Gasteiger partial charge in [0, 0.05) is 0 Å². The highest BCUT2D eigenvalue weighted by atomic mass is 16.4. The second-order valence-electron chi connectivity index (χ2n) is 3.11. The van der Waals surface area contributed by atoms with Crippen LogP contribution in [-0.4, -0.2) is 11.1 Å². The number of carboxylic acid groups (broad SMARTS) is 1. The number of benzene rings is 2. The number of carbonyl (C=O) groups is 1. The van der Waals surface area contributed by atoms with Gasteiger partial charge in [-0.2, -0.15) is 0 Å². The maximum absolute atomic E-state index is 10.9. The van der Waals surface area contributed by atoms with Crippen LogP contribution in [0.5, 0.6) is 0 Å². The lowest BCUT2D eigenvalue weighted by Gasteiger charge is -2.01. The van der Waals surface area contributed by atoms with E-state index in [0.29, 0.717) is 16.5 Å². The number of hydrogen-bond acceptors (Lipinski definition) is 3. The van der Waals surface area contributed by atoms with E-state index in [1.807, 2.05) is 0 Å². The number of rotatable bonds is 2. The molecule has 0 fully saturated rings. The SMILES string of the molecule is O=Nc1ccc2c(C(=O)O)cccc2c1. The van der Waals surface area contributed by atoms with Crippen LogP contribution in [0.15, 0.2) is 41.6 Å². The molecule has 2 rings (SSSR count). The standard InChI is InChI=1S/C11H7NO3/c13-11(14)10-3-1-2-7-6-8(12-15)4-5-9(7)10/h1-6H,(H,13,14). The molecule has 74 valence electrons. The Labute approximate surface area is 85.1 Å². The van der Waals surface area contributed by atoms with Crippen LogP contribution in [0.25, 0.3) is 10.8 Å². The summed E-state index contributed by atoms with van der Waals surface area (Å²) in [6.07, 6.45) is 0. The summed E-state index contributed by atoms with van der Waals surface area (Å²) in [6.45, 7) is 0. The Morgan fingerprint density at radius 3 is 2.67 bits per heavy atom. The predicted octanol–water partition coefficient (Wildman–Crippen LogP) is 2.94. The molecule has 2 aromatic rings. The molecule has 4 nitrogen and oxygen atoms in total. The molecule has 4 heteroatoms. The van der Waals surface area contributed by atoms with Crippen LogP contribution >= 0.6 is 0 Å². The molecular weight excluding hydrogens is 194 g/mol. The number of fused-ring (bicyclic) bond motifs is 1. The second kappa shape index (κ2) is 3.49. The summed E-state index contributed by atoms with van der Waals surface area (Å²) in [6, 6.07) is 9.57. The summed E-state index contributed by atoms with van der Waals surface area (Å²) in [5, 5.41) is 13.0. The van der Waals surface area contributed by atoms with Gasteiger partial charge in [-0.05, 0) is 34.1 Å². The molecule has 0 aliphatic carbocycles. The number of carboxylic acids is 1. The molecule has 1 N–H and O–H groups in total. The summed E-state index contributed by atoms with van der Waals surface area (Å²) in [7, 11) is 0. The Kier molecular flexibility index (Phi) is 2.17. The zero-order chi connectivity index (χ0) is 10.8. The molecule has 0 saturated carbocycles. The van der Waals surface area contributed by atoms with E-state index in [0.717, 1.165) is 0 Å². The number of hydrogen-bond donors (Lipinski definition) is 1. The Hall–Kier alpha value is -2.23. The first-order valence-corrected chi connectivity index (χ1v) is 4.32. The van der Waals surface area contributed by atoms with Gasteiger partial charge in [0.2, 0.25) is 0 Å². The fourth-order valence-corrected chi connectivity index (χ4v) is 1.51. The van der Waals surface area contributed by atoms with E-state index in [1.54, 1.807) is 24.3 Å². The first kappa shape index (κ1) is 9.33. The highest BCUT2D eigenvalue weighted by Crippen LogP contribution is 2.23. The molecule has 15 heavy (non-hydrogen) atoms. The smallest absolute Gasteiger partial charge is 0.336 e. The first-order valence-electron chi connectivity index (χ1n) is 4.32. The van der Waals surface area contributed by atoms with Crippen molar-refractivity contribution >= 4 is 22.4 Å². The van der Waals surface area contributed by atoms with E-state index >= 15 is 0 Å². The van der Waals surface area contributed by atoms with Crippen molar-refractivity contribution in [2.24, 2.45) is 5.18 Å². The predicted molar refractivity (Wildman–Crippen MR) is 56.4 cm³/mol. The van der Waals surface area contributed by atoms with E-state index in [4.69, 9.17) is 5.11 Å². The zero-order valence-electron chi connectivity index (χ0n) is 7.68. The number of aromatic carboxylic acids is 1. The first-order chi connectivity index (χ1) is 7.22. The van der Waals surface area contributed by atoms with Crippen LogP contribution in [0.4, 0.5) is 5.69 Å². The minimum absolute atomic E-state index is 0.227. The quantitative estimate of drug-likeness (QED) is 0.759. The van der Waals surface area contributed by atoms with Gasteiger partial charge in [0.1, 0.15) is 5.69 Å². The average Bonchev–Trinajstić information content (AvgIpc) is 2.27. The van der Waals surface area contributed by atoms with Crippen molar-refractivity contribution in [3.05, 3.63) is 46.9 Å². The van der Waals surface area contributed by atoms with Crippen LogP contribution in [0.2, 0.25) is 0 Å². The molecule has 0 heterocycles. The highest BCUT2D eigenvalue weighted by molar-refractivity contribution is 6.04. The van der Waals surface area contributed by atoms with Crippen LogP contribution in [0.3, 0.4) is 0 Å². The molecule has 0 spiro atoms. The van der Waals surface area contributed by atoms with Crippen molar-refractivity contribution in [1.82, 2.24) is 0 Å². The third kappa shape index (κ3) is 1.57. The summed E-state index contributed by atoms with van der Waals surface area (Å²) in [5.74, 6) is -0.979. The average molecular weight is 201 g/mol. The molecule has 0 amide bonds. The van der Waals surface area contributed by atoms with Gasteiger partial charge >= 0.3 is 5.97 Å². The monoisotopic (exact) mass is 201 g/mol. The summed E-state index contributed by atoms with van der Waals surface area (Å²) >= 11 is 0. The molecule has 0 saturated heterocycles. The van der Waals surface area contributed by atoms with E-state index in [2.05, 4.69) is 5.18 Å². The van der Waals surface area contributed by atoms with E-state index in [-0.39, 0.29) is 5.56 Å². The van der Waals surface area contributed by atoms with E-state index < -0.39 is 5.97 Å². The Morgan fingerprint density at radius 1 is 1.20 bits per heavy atom. The molecule has 0 aliphatic rings. The summed E-state index contributed by atoms with van der Waals surface area (Å²) in [4.78, 5) is 21.2. The third-order valence-electron chi connectivity index (χ3n) is 2.20. The van der Waals surface area contributed by atoms with Crippen molar-refractivity contribution < 1.29 is 9.90 Å². The van der Waals surface area contributed by atoms with Gasteiger partial charge in [-0.3, -0.25) is 0 Å².